The molecule has 0 saturated carbocycles. The Labute approximate surface area is 147 Å². The van der Waals surface area contributed by atoms with Crippen LogP contribution in [0.15, 0.2) is 18.2 Å². The number of rotatable bonds is 5. The molecular formula is C17H23ClF2N2O2. The van der Waals surface area contributed by atoms with Crippen LogP contribution >= 0.6 is 12.4 Å². The molecule has 2 saturated heterocycles. The molecule has 2 heterocycles. The summed E-state index contributed by atoms with van der Waals surface area (Å²) in [5.74, 6) is -1.16. The highest BCUT2D eigenvalue weighted by atomic mass is 35.5. The van der Waals surface area contributed by atoms with Crippen LogP contribution in [0.1, 0.15) is 32.1 Å². The summed E-state index contributed by atoms with van der Waals surface area (Å²) < 4.78 is 31.5. The Bertz CT molecular complexity index is 560. The number of hydrogen-bond donors (Lipinski definition) is 1. The van der Waals surface area contributed by atoms with E-state index >= 15 is 0 Å². The summed E-state index contributed by atoms with van der Waals surface area (Å²) in [7, 11) is 0. The number of nitrogens with one attached hydrogen (secondary N) is 1. The first-order chi connectivity index (χ1) is 11.1. The molecule has 2 unspecified atom stereocenters. The molecule has 7 heteroatoms. The molecule has 1 aromatic rings. The number of nitrogens with zero attached hydrogens (tertiary/aromatic N) is 1. The fraction of sp³-hybridized carbons (Fsp3) is 0.588. The number of ether oxygens (including phenoxy) is 1. The third-order valence-electron chi connectivity index (χ3n) is 4.63. The summed E-state index contributed by atoms with van der Waals surface area (Å²) in [6.07, 6.45) is 4.10. The predicted octanol–water partition coefficient (Wildman–Crippen LogP) is 2.90. The Morgan fingerprint density at radius 1 is 1.25 bits per heavy atom. The lowest BCUT2D eigenvalue weighted by molar-refractivity contribution is -0.134. The number of carbonyl (C=O) groups is 1. The maximum absolute atomic E-state index is 13.4. The highest BCUT2D eigenvalue weighted by molar-refractivity contribution is 5.85. The van der Waals surface area contributed by atoms with Gasteiger partial charge in [-0.1, -0.05) is 0 Å². The van der Waals surface area contributed by atoms with Crippen LogP contribution in [0.4, 0.5) is 8.78 Å². The van der Waals surface area contributed by atoms with Gasteiger partial charge in [-0.15, -0.1) is 12.4 Å². The first-order valence-corrected chi connectivity index (χ1v) is 8.25. The minimum atomic E-state index is -0.715. The monoisotopic (exact) mass is 360 g/mol. The molecule has 0 radical (unpaired) electrons. The number of fused-ring (bicyclic) bond motifs is 2. The van der Waals surface area contributed by atoms with Gasteiger partial charge in [0.1, 0.15) is 5.82 Å². The molecule has 1 N–H and O–H groups in total. The third-order valence-corrected chi connectivity index (χ3v) is 4.63. The SMILES string of the molecule is Cl.O=C(CCCOc1ccc(F)cc1F)N1C2CCNCC1CC2. The van der Waals surface area contributed by atoms with Gasteiger partial charge in [-0.25, -0.2) is 8.78 Å². The third kappa shape index (κ3) is 4.36. The van der Waals surface area contributed by atoms with Crippen molar-refractivity contribution in [1.82, 2.24) is 10.2 Å². The summed E-state index contributed by atoms with van der Waals surface area (Å²) in [5.41, 5.74) is 0. The number of carbonyl (C=O) groups excluding carboxylic acids is 1. The largest absolute Gasteiger partial charge is 0.491 e. The van der Waals surface area contributed by atoms with Crippen molar-refractivity contribution in [2.75, 3.05) is 19.7 Å². The van der Waals surface area contributed by atoms with Crippen LogP contribution in [-0.4, -0.2) is 42.6 Å². The van der Waals surface area contributed by atoms with Crippen molar-refractivity contribution in [3.8, 4) is 5.75 Å². The second kappa shape index (κ2) is 8.62. The number of benzene rings is 1. The predicted molar refractivity (Wildman–Crippen MR) is 89.5 cm³/mol. The van der Waals surface area contributed by atoms with Crippen LogP contribution in [0.5, 0.6) is 5.75 Å². The van der Waals surface area contributed by atoms with E-state index in [1.54, 1.807) is 0 Å². The van der Waals surface area contributed by atoms with Crippen LogP contribution in [0.25, 0.3) is 0 Å². The quantitative estimate of drug-likeness (QED) is 0.821. The molecule has 1 amide bonds. The van der Waals surface area contributed by atoms with Crippen molar-refractivity contribution in [2.45, 2.75) is 44.2 Å². The van der Waals surface area contributed by atoms with Crippen molar-refractivity contribution < 1.29 is 18.3 Å². The standard InChI is InChI=1S/C17H22F2N2O2.ClH/c18-12-3-6-16(15(19)10-12)23-9-1-2-17(22)21-13-4-5-14(21)11-20-8-7-13;/h3,6,10,13-14,20H,1-2,4-5,7-9,11H2;1H. The first-order valence-electron chi connectivity index (χ1n) is 8.25. The second-order valence-electron chi connectivity index (χ2n) is 6.21. The van der Waals surface area contributed by atoms with Crippen LogP contribution in [0.2, 0.25) is 0 Å². The minimum Gasteiger partial charge on any atom is -0.491 e. The van der Waals surface area contributed by atoms with Crippen LogP contribution in [0, 0.1) is 11.6 Å². The van der Waals surface area contributed by atoms with Gasteiger partial charge in [-0.3, -0.25) is 4.79 Å². The fourth-order valence-electron chi connectivity index (χ4n) is 3.52. The van der Waals surface area contributed by atoms with E-state index in [9.17, 15) is 13.6 Å². The Kier molecular flexibility index (Phi) is 6.80. The Morgan fingerprint density at radius 2 is 2.04 bits per heavy atom. The molecule has 2 aliphatic rings. The normalized spacial score (nSPS) is 22.7. The van der Waals surface area contributed by atoms with Gasteiger partial charge < -0.3 is 15.0 Å². The molecule has 24 heavy (non-hydrogen) atoms. The maximum Gasteiger partial charge on any atom is 0.223 e. The fourth-order valence-corrected chi connectivity index (χ4v) is 3.52. The van der Waals surface area contributed by atoms with Crippen molar-refractivity contribution in [2.24, 2.45) is 0 Å². The van der Waals surface area contributed by atoms with Gasteiger partial charge in [-0.2, -0.15) is 0 Å². The molecule has 2 fully saturated rings. The number of halogens is 3. The van der Waals surface area contributed by atoms with Gasteiger partial charge in [0, 0.05) is 31.1 Å². The van der Waals surface area contributed by atoms with Gasteiger partial charge in [0.25, 0.3) is 0 Å². The number of amides is 1. The van der Waals surface area contributed by atoms with Gasteiger partial charge >= 0.3 is 0 Å². The molecule has 1 aromatic carbocycles. The Balaban J connectivity index is 0.00000208. The molecule has 0 aliphatic carbocycles. The highest BCUT2D eigenvalue weighted by Crippen LogP contribution is 2.28. The maximum atomic E-state index is 13.4. The summed E-state index contributed by atoms with van der Waals surface area (Å²) in [6, 6.07) is 3.89. The minimum absolute atomic E-state index is 0. The highest BCUT2D eigenvalue weighted by Gasteiger charge is 2.37. The molecule has 2 atom stereocenters. The Morgan fingerprint density at radius 3 is 2.83 bits per heavy atom. The molecule has 0 aromatic heterocycles. The molecule has 0 spiro atoms. The van der Waals surface area contributed by atoms with Crippen molar-refractivity contribution in [3.05, 3.63) is 29.8 Å². The van der Waals surface area contributed by atoms with Crippen LogP contribution in [-0.2, 0) is 4.79 Å². The summed E-state index contributed by atoms with van der Waals surface area (Å²) >= 11 is 0. The zero-order chi connectivity index (χ0) is 16.2. The zero-order valence-electron chi connectivity index (χ0n) is 13.5. The lowest BCUT2D eigenvalue weighted by atomic mass is 10.1. The van der Waals surface area contributed by atoms with E-state index in [-0.39, 0.29) is 30.7 Å². The Hall–Kier alpha value is -1.40. The molecular weight excluding hydrogens is 338 g/mol. The topological polar surface area (TPSA) is 41.6 Å². The lowest BCUT2D eigenvalue weighted by Gasteiger charge is -2.28. The molecule has 2 aliphatic heterocycles. The van der Waals surface area contributed by atoms with E-state index in [1.807, 2.05) is 4.90 Å². The molecule has 3 rings (SSSR count). The summed E-state index contributed by atoms with van der Waals surface area (Å²) in [5, 5.41) is 3.37. The van der Waals surface area contributed by atoms with E-state index in [1.165, 1.54) is 6.07 Å². The summed E-state index contributed by atoms with van der Waals surface area (Å²) in [6.45, 7) is 2.09. The van der Waals surface area contributed by atoms with Gasteiger partial charge in [0.15, 0.2) is 11.6 Å². The average Bonchev–Trinajstić information content (AvgIpc) is 2.78. The van der Waals surface area contributed by atoms with E-state index in [4.69, 9.17) is 4.74 Å². The molecule has 134 valence electrons. The van der Waals surface area contributed by atoms with E-state index < -0.39 is 11.6 Å². The zero-order valence-corrected chi connectivity index (χ0v) is 14.3. The smallest absolute Gasteiger partial charge is 0.223 e. The van der Waals surface area contributed by atoms with Crippen molar-refractivity contribution in [1.29, 1.82) is 0 Å². The summed E-state index contributed by atoms with van der Waals surface area (Å²) in [4.78, 5) is 14.5. The van der Waals surface area contributed by atoms with Crippen molar-refractivity contribution >= 4 is 18.3 Å². The van der Waals surface area contributed by atoms with Gasteiger partial charge in [0.2, 0.25) is 5.91 Å². The van der Waals surface area contributed by atoms with Crippen molar-refractivity contribution in [3.63, 3.8) is 0 Å². The van der Waals surface area contributed by atoms with Gasteiger partial charge in [0.05, 0.1) is 6.61 Å². The van der Waals surface area contributed by atoms with Gasteiger partial charge in [-0.05, 0) is 44.4 Å². The lowest BCUT2D eigenvalue weighted by Crippen LogP contribution is -2.42. The van der Waals surface area contributed by atoms with Crippen LogP contribution < -0.4 is 10.1 Å². The van der Waals surface area contributed by atoms with E-state index in [0.717, 1.165) is 44.5 Å². The van der Waals surface area contributed by atoms with E-state index in [2.05, 4.69) is 5.32 Å². The second-order valence-corrected chi connectivity index (χ2v) is 6.21. The van der Waals surface area contributed by atoms with Crippen LogP contribution in [0.3, 0.4) is 0 Å². The first kappa shape index (κ1) is 18.9. The molecule has 2 bridgehead atoms. The average molecular weight is 361 g/mol. The van der Waals surface area contributed by atoms with E-state index in [0.29, 0.717) is 24.9 Å². The number of hydrogen-bond acceptors (Lipinski definition) is 3. The molecule has 4 nitrogen and oxygen atoms in total.